The molecule has 1 aliphatic rings. The number of benzene rings is 2. The van der Waals surface area contributed by atoms with Crippen LogP contribution < -0.4 is 5.73 Å². The fourth-order valence-corrected chi connectivity index (χ4v) is 3.31. The summed E-state index contributed by atoms with van der Waals surface area (Å²) in [6.45, 7) is 7.64. The highest BCUT2D eigenvalue weighted by Crippen LogP contribution is 2.24. The number of amides is 1. The Labute approximate surface area is 143 Å². The lowest BCUT2D eigenvalue weighted by molar-refractivity contribution is 0.0139. The molecule has 2 aromatic carbocycles. The monoisotopic (exact) mass is 323 g/mol. The predicted molar refractivity (Wildman–Crippen MR) is 97.7 cm³/mol. The van der Waals surface area contributed by atoms with E-state index < -0.39 is 0 Å². The lowest BCUT2D eigenvalue weighted by Crippen LogP contribution is -2.59. The van der Waals surface area contributed by atoms with Gasteiger partial charge >= 0.3 is 0 Å². The summed E-state index contributed by atoms with van der Waals surface area (Å²) in [6.07, 6.45) is 0. The van der Waals surface area contributed by atoms with Gasteiger partial charge in [-0.1, -0.05) is 36.4 Å². The molecule has 0 saturated carbocycles. The molecule has 0 atom stereocenters. The lowest BCUT2D eigenvalue weighted by atomic mass is 9.97. The molecule has 1 amide bonds. The molecule has 0 bridgehead atoms. The molecular formula is C20H25N3O. The molecule has 1 fully saturated rings. The predicted octanol–water partition coefficient (Wildman–Crippen LogP) is 3.01. The Morgan fingerprint density at radius 3 is 2.50 bits per heavy atom. The number of carbonyl (C=O) groups is 1. The first-order valence-corrected chi connectivity index (χ1v) is 8.39. The van der Waals surface area contributed by atoms with Crippen LogP contribution in [0.1, 0.15) is 29.8 Å². The minimum Gasteiger partial charge on any atom is -0.399 e. The molecule has 4 heteroatoms. The molecule has 2 N–H and O–H groups in total. The number of nitrogens with zero attached hydrogens (tertiary/aromatic N) is 2. The van der Waals surface area contributed by atoms with E-state index in [1.165, 1.54) is 5.56 Å². The van der Waals surface area contributed by atoms with E-state index in [0.29, 0.717) is 17.8 Å². The summed E-state index contributed by atoms with van der Waals surface area (Å²) in [6, 6.07) is 17.7. The zero-order valence-electron chi connectivity index (χ0n) is 14.4. The summed E-state index contributed by atoms with van der Waals surface area (Å²) >= 11 is 0. The second-order valence-electron chi connectivity index (χ2n) is 7.07. The van der Waals surface area contributed by atoms with Crippen LogP contribution in [0.2, 0.25) is 0 Å². The molecule has 24 heavy (non-hydrogen) atoms. The summed E-state index contributed by atoms with van der Waals surface area (Å²) in [5.74, 6) is 0.0646. The topological polar surface area (TPSA) is 49.6 Å². The smallest absolute Gasteiger partial charge is 0.254 e. The highest BCUT2D eigenvalue weighted by atomic mass is 16.2. The molecule has 1 saturated heterocycles. The number of hydrogen-bond acceptors (Lipinski definition) is 3. The van der Waals surface area contributed by atoms with Crippen molar-refractivity contribution >= 4 is 11.6 Å². The van der Waals surface area contributed by atoms with Gasteiger partial charge in [0.1, 0.15) is 0 Å². The van der Waals surface area contributed by atoms with E-state index in [1.54, 1.807) is 12.1 Å². The maximum Gasteiger partial charge on any atom is 0.254 e. The first-order valence-electron chi connectivity index (χ1n) is 8.39. The highest BCUT2D eigenvalue weighted by molar-refractivity contribution is 5.95. The first-order chi connectivity index (χ1) is 11.5. The van der Waals surface area contributed by atoms with Crippen molar-refractivity contribution < 1.29 is 4.79 Å². The molecular weight excluding hydrogens is 298 g/mol. The Bertz CT molecular complexity index is 712. The first kappa shape index (κ1) is 16.5. The van der Waals surface area contributed by atoms with Gasteiger partial charge in [-0.15, -0.1) is 0 Å². The van der Waals surface area contributed by atoms with Crippen LogP contribution in [0.25, 0.3) is 0 Å². The Morgan fingerprint density at radius 1 is 1.08 bits per heavy atom. The summed E-state index contributed by atoms with van der Waals surface area (Å²) in [5.41, 5.74) is 8.35. The third-order valence-electron chi connectivity index (χ3n) is 4.71. The van der Waals surface area contributed by atoms with Crippen molar-refractivity contribution in [2.24, 2.45) is 0 Å². The van der Waals surface area contributed by atoms with Gasteiger partial charge in [0.25, 0.3) is 5.91 Å². The van der Waals surface area contributed by atoms with Crippen molar-refractivity contribution in [1.29, 1.82) is 0 Å². The van der Waals surface area contributed by atoms with Gasteiger partial charge in [0.05, 0.1) is 0 Å². The van der Waals surface area contributed by atoms with Crippen LogP contribution in [-0.4, -0.2) is 40.9 Å². The number of carbonyl (C=O) groups excluding carboxylic acids is 1. The summed E-state index contributed by atoms with van der Waals surface area (Å²) in [7, 11) is 0. The summed E-state index contributed by atoms with van der Waals surface area (Å²) < 4.78 is 0. The van der Waals surface area contributed by atoms with Crippen molar-refractivity contribution in [1.82, 2.24) is 9.80 Å². The molecule has 1 heterocycles. The van der Waals surface area contributed by atoms with E-state index in [-0.39, 0.29) is 11.4 Å². The molecule has 0 radical (unpaired) electrons. The number of nitrogen functional groups attached to an aromatic ring is 1. The highest BCUT2D eigenvalue weighted by Gasteiger charge is 2.35. The molecule has 3 rings (SSSR count). The zero-order valence-corrected chi connectivity index (χ0v) is 14.4. The van der Waals surface area contributed by atoms with Crippen LogP contribution in [0.5, 0.6) is 0 Å². The molecule has 4 nitrogen and oxygen atoms in total. The molecule has 0 aliphatic carbocycles. The molecule has 1 aliphatic heterocycles. The van der Waals surface area contributed by atoms with Crippen LogP contribution in [-0.2, 0) is 6.54 Å². The van der Waals surface area contributed by atoms with Gasteiger partial charge in [0, 0.05) is 43.0 Å². The van der Waals surface area contributed by atoms with E-state index in [9.17, 15) is 4.79 Å². The minimum absolute atomic E-state index is 0.0646. The Hall–Kier alpha value is -2.33. The van der Waals surface area contributed by atoms with Crippen molar-refractivity contribution in [3.63, 3.8) is 0 Å². The SMILES string of the molecule is CC1(C)CN(C(=O)c2cccc(N)c2)CCN1Cc1ccccc1. The number of piperazine rings is 1. The maximum absolute atomic E-state index is 12.8. The van der Waals surface area contributed by atoms with Gasteiger partial charge < -0.3 is 10.6 Å². The van der Waals surface area contributed by atoms with E-state index in [1.807, 2.05) is 23.1 Å². The van der Waals surface area contributed by atoms with Crippen molar-refractivity contribution in [3.05, 3.63) is 65.7 Å². The van der Waals surface area contributed by atoms with Crippen LogP contribution in [0.3, 0.4) is 0 Å². The Balaban J connectivity index is 1.70. The van der Waals surface area contributed by atoms with Crippen LogP contribution in [0.4, 0.5) is 5.69 Å². The molecule has 2 aromatic rings. The van der Waals surface area contributed by atoms with Gasteiger partial charge in [0.15, 0.2) is 0 Å². The van der Waals surface area contributed by atoms with Gasteiger partial charge in [-0.3, -0.25) is 9.69 Å². The normalized spacial score (nSPS) is 17.7. The molecule has 126 valence electrons. The minimum atomic E-state index is -0.0654. The van der Waals surface area contributed by atoms with E-state index >= 15 is 0 Å². The summed E-state index contributed by atoms with van der Waals surface area (Å²) in [5, 5.41) is 0. The van der Waals surface area contributed by atoms with Crippen molar-refractivity contribution in [2.75, 3.05) is 25.4 Å². The third-order valence-corrected chi connectivity index (χ3v) is 4.71. The van der Waals surface area contributed by atoms with E-state index in [4.69, 9.17) is 5.73 Å². The third kappa shape index (κ3) is 3.60. The fourth-order valence-electron chi connectivity index (χ4n) is 3.31. The average Bonchev–Trinajstić information content (AvgIpc) is 2.57. The van der Waals surface area contributed by atoms with Crippen LogP contribution >= 0.6 is 0 Å². The Morgan fingerprint density at radius 2 is 1.83 bits per heavy atom. The molecule has 0 aromatic heterocycles. The van der Waals surface area contributed by atoms with Gasteiger partial charge in [0.2, 0.25) is 0 Å². The van der Waals surface area contributed by atoms with Crippen molar-refractivity contribution in [3.8, 4) is 0 Å². The summed E-state index contributed by atoms with van der Waals surface area (Å²) in [4.78, 5) is 17.1. The number of rotatable bonds is 3. The zero-order chi connectivity index (χ0) is 17.2. The van der Waals surface area contributed by atoms with Crippen LogP contribution in [0.15, 0.2) is 54.6 Å². The number of nitrogens with two attached hydrogens (primary N) is 1. The van der Waals surface area contributed by atoms with Gasteiger partial charge in [-0.05, 0) is 37.6 Å². The second-order valence-corrected chi connectivity index (χ2v) is 7.07. The number of hydrogen-bond donors (Lipinski definition) is 1. The quantitative estimate of drug-likeness (QED) is 0.884. The maximum atomic E-state index is 12.8. The lowest BCUT2D eigenvalue weighted by Gasteiger charge is -2.47. The molecule has 0 spiro atoms. The second kappa shape index (κ2) is 6.65. The number of anilines is 1. The average molecular weight is 323 g/mol. The fraction of sp³-hybridized carbons (Fsp3) is 0.350. The standard InChI is InChI=1S/C20H25N3O/c1-20(2)15-22(19(24)17-9-6-10-18(21)13-17)11-12-23(20)14-16-7-4-3-5-8-16/h3-10,13H,11-12,14-15,21H2,1-2H3. The van der Waals surface area contributed by atoms with Crippen LogP contribution in [0, 0.1) is 0 Å². The molecule has 0 unspecified atom stereocenters. The largest absolute Gasteiger partial charge is 0.399 e. The van der Waals surface area contributed by atoms with Crippen molar-refractivity contribution in [2.45, 2.75) is 25.9 Å². The van der Waals surface area contributed by atoms with Gasteiger partial charge in [-0.2, -0.15) is 0 Å². The van der Waals surface area contributed by atoms with E-state index in [2.05, 4.69) is 43.0 Å². The Kier molecular flexibility index (Phi) is 4.58. The van der Waals surface area contributed by atoms with Gasteiger partial charge in [-0.25, -0.2) is 0 Å². The van der Waals surface area contributed by atoms with E-state index in [0.717, 1.165) is 19.6 Å².